The number of nitrogens with one attached hydrogen (secondary N) is 1. The number of carboxylic acid groups (broad SMARTS) is 1. The fourth-order valence-electron chi connectivity index (χ4n) is 1.94. The molecule has 0 amide bonds. The number of carbonyl (C=O) groups is 1. The van der Waals surface area contributed by atoms with Crippen LogP contribution in [0.2, 0.25) is 0 Å². The Morgan fingerprint density at radius 2 is 2.15 bits per heavy atom. The molecule has 106 valence electrons. The topological polar surface area (TPSA) is 62.2 Å². The van der Waals surface area contributed by atoms with E-state index in [1.54, 1.807) is 11.3 Å². The number of carboxylic acids is 1. The first kappa shape index (κ1) is 14.5. The van der Waals surface area contributed by atoms with E-state index < -0.39 is 5.97 Å². The van der Waals surface area contributed by atoms with Crippen molar-refractivity contribution in [2.75, 3.05) is 11.9 Å². The van der Waals surface area contributed by atoms with E-state index in [9.17, 15) is 4.79 Å². The van der Waals surface area contributed by atoms with E-state index in [2.05, 4.69) is 10.3 Å². The molecule has 0 radical (unpaired) electrons. The van der Waals surface area contributed by atoms with Gasteiger partial charge in [0.2, 0.25) is 0 Å². The number of nitrogens with zero attached hydrogens (tertiary/aromatic N) is 1. The normalized spacial score (nSPS) is 12.1. The minimum Gasteiger partial charge on any atom is -0.481 e. The van der Waals surface area contributed by atoms with Gasteiger partial charge in [0.05, 0.1) is 5.69 Å². The van der Waals surface area contributed by atoms with Crippen LogP contribution in [0.4, 0.5) is 5.13 Å². The molecular weight excluding hydrogens is 272 g/mol. The molecule has 2 N–H and O–H groups in total. The van der Waals surface area contributed by atoms with Crippen LogP contribution < -0.4 is 5.32 Å². The van der Waals surface area contributed by atoms with Gasteiger partial charge in [0, 0.05) is 23.9 Å². The molecule has 0 aliphatic carbocycles. The molecule has 1 heterocycles. The lowest BCUT2D eigenvalue weighted by Gasteiger charge is -2.12. The summed E-state index contributed by atoms with van der Waals surface area (Å²) in [4.78, 5) is 15.3. The number of aromatic nitrogens is 1. The maximum absolute atomic E-state index is 10.7. The van der Waals surface area contributed by atoms with E-state index in [0.717, 1.165) is 22.8 Å². The summed E-state index contributed by atoms with van der Waals surface area (Å²) in [6.45, 7) is 2.65. The number of hydrogen-bond donors (Lipinski definition) is 2. The molecule has 0 aliphatic rings. The Labute approximate surface area is 122 Å². The number of anilines is 1. The first-order valence-electron chi connectivity index (χ1n) is 6.65. The van der Waals surface area contributed by atoms with Crippen LogP contribution in [0, 0.1) is 5.92 Å². The van der Waals surface area contributed by atoms with Gasteiger partial charge in [0.25, 0.3) is 0 Å². The van der Waals surface area contributed by atoms with Crippen LogP contribution in [0.15, 0.2) is 35.7 Å². The summed E-state index contributed by atoms with van der Waals surface area (Å²) >= 11 is 1.55. The first-order valence-corrected chi connectivity index (χ1v) is 7.53. The summed E-state index contributed by atoms with van der Waals surface area (Å²) in [5, 5.41) is 14.9. The number of benzene rings is 1. The zero-order chi connectivity index (χ0) is 14.4. The maximum atomic E-state index is 10.7. The second kappa shape index (κ2) is 7.05. The van der Waals surface area contributed by atoms with Crippen molar-refractivity contribution in [3.63, 3.8) is 0 Å². The van der Waals surface area contributed by atoms with Gasteiger partial charge in [-0.3, -0.25) is 4.79 Å². The van der Waals surface area contributed by atoms with Gasteiger partial charge < -0.3 is 10.4 Å². The third-order valence-electron chi connectivity index (χ3n) is 3.16. The Hall–Kier alpha value is -1.88. The van der Waals surface area contributed by atoms with Gasteiger partial charge in [-0.25, -0.2) is 4.98 Å². The van der Waals surface area contributed by atoms with Gasteiger partial charge in [0.15, 0.2) is 5.13 Å². The van der Waals surface area contributed by atoms with E-state index in [-0.39, 0.29) is 12.3 Å². The lowest BCUT2D eigenvalue weighted by molar-refractivity contribution is -0.138. The highest BCUT2D eigenvalue weighted by molar-refractivity contribution is 7.14. The molecule has 2 rings (SSSR count). The lowest BCUT2D eigenvalue weighted by Crippen LogP contribution is -2.17. The summed E-state index contributed by atoms with van der Waals surface area (Å²) in [6, 6.07) is 10.0. The van der Waals surface area contributed by atoms with Gasteiger partial charge >= 0.3 is 5.97 Å². The monoisotopic (exact) mass is 290 g/mol. The van der Waals surface area contributed by atoms with Crippen LogP contribution in [-0.4, -0.2) is 22.6 Å². The van der Waals surface area contributed by atoms with Crippen LogP contribution in [0.5, 0.6) is 0 Å². The van der Waals surface area contributed by atoms with Gasteiger partial charge in [-0.05, 0) is 5.92 Å². The summed E-state index contributed by atoms with van der Waals surface area (Å²) in [7, 11) is 0. The van der Waals surface area contributed by atoms with Gasteiger partial charge in [-0.2, -0.15) is 0 Å². The summed E-state index contributed by atoms with van der Waals surface area (Å²) in [6.07, 6.45) is 1.04. The molecular formula is C15H18N2O2S. The largest absolute Gasteiger partial charge is 0.481 e. The minimum absolute atomic E-state index is 0.136. The lowest BCUT2D eigenvalue weighted by atomic mass is 10.0. The van der Waals surface area contributed by atoms with Crippen LogP contribution in [0.1, 0.15) is 19.8 Å². The molecule has 0 spiro atoms. The van der Waals surface area contributed by atoms with Crippen molar-refractivity contribution < 1.29 is 9.90 Å². The molecule has 2 aromatic rings. The van der Waals surface area contributed by atoms with E-state index >= 15 is 0 Å². The van der Waals surface area contributed by atoms with Crippen molar-refractivity contribution in [3.8, 4) is 11.3 Å². The standard InChI is InChI=1S/C15H18N2O2S/c1-2-11(8-14(18)19)9-16-15-17-13(10-20-15)12-6-4-3-5-7-12/h3-7,10-11H,2,8-9H2,1H3,(H,16,17)(H,18,19). The highest BCUT2D eigenvalue weighted by atomic mass is 32.1. The fraction of sp³-hybridized carbons (Fsp3) is 0.333. The van der Waals surface area contributed by atoms with E-state index in [1.165, 1.54) is 0 Å². The van der Waals surface area contributed by atoms with Crippen molar-refractivity contribution in [2.45, 2.75) is 19.8 Å². The molecule has 1 unspecified atom stereocenters. The Kier molecular flexibility index (Phi) is 5.12. The molecule has 1 aromatic carbocycles. The summed E-state index contributed by atoms with van der Waals surface area (Å²) < 4.78 is 0. The maximum Gasteiger partial charge on any atom is 0.303 e. The Balaban J connectivity index is 1.94. The molecule has 4 nitrogen and oxygen atoms in total. The Morgan fingerprint density at radius 1 is 1.40 bits per heavy atom. The minimum atomic E-state index is -0.747. The van der Waals surface area contributed by atoms with Crippen molar-refractivity contribution in [1.29, 1.82) is 0 Å². The molecule has 0 bridgehead atoms. The van der Waals surface area contributed by atoms with Gasteiger partial charge in [0.1, 0.15) is 0 Å². The van der Waals surface area contributed by atoms with Gasteiger partial charge in [-0.1, -0.05) is 43.7 Å². The van der Waals surface area contributed by atoms with Gasteiger partial charge in [-0.15, -0.1) is 11.3 Å². The average molecular weight is 290 g/mol. The zero-order valence-electron chi connectivity index (χ0n) is 11.4. The molecule has 0 saturated heterocycles. The third kappa shape index (κ3) is 4.06. The third-order valence-corrected chi connectivity index (χ3v) is 3.96. The molecule has 0 fully saturated rings. The smallest absolute Gasteiger partial charge is 0.303 e. The van der Waals surface area contributed by atoms with Crippen LogP contribution in [-0.2, 0) is 4.79 Å². The Bertz CT molecular complexity index is 554. The molecule has 1 aromatic heterocycles. The van der Waals surface area contributed by atoms with E-state index in [0.29, 0.717) is 6.54 Å². The fourth-order valence-corrected chi connectivity index (χ4v) is 2.67. The number of rotatable bonds is 7. The van der Waals surface area contributed by atoms with Crippen molar-refractivity contribution in [2.24, 2.45) is 5.92 Å². The number of hydrogen-bond acceptors (Lipinski definition) is 4. The SMILES string of the molecule is CCC(CNc1nc(-c2ccccc2)cs1)CC(=O)O. The quantitative estimate of drug-likeness (QED) is 0.815. The van der Waals surface area contributed by atoms with Crippen molar-refractivity contribution in [1.82, 2.24) is 4.98 Å². The Morgan fingerprint density at radius 3 is 2.80 bits per heavy atom. The molecule has 1 atom stereocenters. The zero-order valence-corrected chi connectivity index (χ0v) is 12.2. The first-order chi connectivity index (χ1) is 9.69. The highest BCUT2D eigenvalue weighted by Crippen LogP contribution is 2.25. The van der Waals surface area contributed by atoms with Crippen molar-refractivity contribution >= 4 is 22.4 Å². The van der Waals surface area contributed by atoms with E-state index in [4.69, 9.17) is 5.11 Å². The molecule has 0 saturated carbocycles. The molecule has 20 heavy (non-hydrogen) atoms. The predicted octanol–water partition coefficient (Wildman–Crippen LogP) is 3.72. The summed E-state index contributed by atoms with van der Waals surface area (Å²) in [5.74, 6) is -0.612. The van der Waals surface area contributed by atoms with Crippen molar-refractivity contribution in [3.05, 3.63) is 35.7 Å². The summed E-state index contributed by atoms with van der Waals surface area (Å²) in [5.41, 5.74) is 2.04. The van der Waals surface area contributed by atoms with Crippen LogP contribution in [0.3, 0.4) is 0 Å². The second-order valence-electron chi connectivity index (χ2n) is 4.66. The molecule has 5 heteroatoms. The average Bonchev–Trinajstić information content (AvgIpc) is 2.93. The number of thiazole rings is 1. The van der Waals surface area contributed by atoms with Crippen LogP contribution >= 0.6 is 11.3 Å². The molecule has 0 aliphatic heterocycles. The van der Waals surface area contributed by atoms with Crippen LogP contribution in [0.25, 0.3) is 11.3 Å². The van der Waals surface area contributed by atoms with E-state index in [1.807, 2.05) is 42.6 Å². The number of aliphatic carboxylic acids is 1. The predicted molar refractivity (Wildman–Crippen MR) is 82.1 cm³/mol. The second-order valence-corrected chi connectivity index (χ2v) is 5.52. The highest BCUT2D eigenvalue weighted by Gasteiger charge is 2.12.